The Hall–Kier alpha value is -3.61. The van der Waals surface area contributed by atoms with E-state index < -0.39 is 5.97 Å². The summed E-state index contributed by atoms with van der Waals surface area (Å²) in [7, 11) is 0. The molecule has 1 atom stereocenters. The molecule has 0 radical (unpaired) electrons. The molecule has 0 aliphatic heterocycles. The van der Waals surface area contributed by atoms with Gasteiger partial charge < -0.3 is 9.47 Å². The summed E-state index contributed by atoms with van der Waals surface area (Å²) in [5.41, 5.74) is 1.22. The van der Waals surface area contributed by atoms with Crippen LogP contribution in [0.3, 0.4) is 0 Å². The molecule has 0 saturated carbocycles. The number of hydrogen-bond acceptors (Lipinski definition) is 3. The van der Waals surface area contributed by atoms with Crippen molar-refractivity contribution < 1.29 is 14.3 Å². The fraction of sp³-hybridized carbons (Fsp3) is 0.296. The molecule has 2 rings (SSSR count). The molecule has 0 aliphatic rings. The molecule has 0 spiro atoms. The average Bonchev–Trinajstić information content (AvgIpc) is 2.76. The van der Waals surface area contributed by atoms with Gasteiger partial charge in [0, 0.05) is 5.56 Å². The third kappa shape index (κ3) is 8.18. The van der Waals surface area contributed by atoms with Crippen LogP contribution in [0.1, 0.15) is 61.9 Å². The zero-order valence-corrected chi connectivity index (χ0v) is 17.5. The second-order valence-electron chi connectivity index (χ2n) is 6.86. The number of rotatable bonds is 9. The monoisotopic (exact) mass is 398 g/mol. The summed E-state index contributed by atoms with van der Waals surface area (Å²) in [5.74, 6) is 13.5. The molecular formula is C27H26O3. The van der Waals surface area contributed by atoms with E-state index in [1.807, 2.05) is 0 Å². The normalized spacial score (nSPS) is 10.4. The summed E-state index contributed by atoms with van der Waals surface area (Å²) in [6.07, 6.45) is 11.1. The topological polar surface area (TPSA) is 35.5 Å². The number of esters is 1. The quantitative estimate of drug-likeness (QED) is 0.238. The van der Waals surface area contributed by atoms with Crippen LogP contribution in [0.2, 0.25) is 0 Å². The van der Waals surface area contributed by atoms with E-state index in [4.69, 9.17) is 15.9 Å². The first-order valence-corrected chi connectivity index (χ1v) is 10.2. The van der Waals surface area contributed by atoms with Crippen LogP contribution in [0, 0.1) is 36.0 Å². The van der Waals surface area contributed by atoms with Gasteiger partial charge in [-0.15, -0.1) is 6.42 Å². The molecule has 2 aromatic carbocycles. The van der Waals surface area contributed by atoms with E-state index in [2.05, 4.69) is 43.4 Å². The van der Waals surface area contributed by atoms with Crippen LogP contribution in [-0.2, 0) is 0 Å². The average molecular weight is 399 g/mol. The van der Waals surface area contributed by atoms with Crippen molar-refractivity contribution in [1.82, 2.24) is 0 Å². The Labute approximate surface area is 179 Å². The zero-order chi connectivity index (χ0) is 21.6. The van der Waals surface area contributed by atoms with E-state index in [1.165, 1.54) is 25.7 Å². The van der Waals surface area contributed by atoms with E-state index in [0.29, 0.717) is 11.3 Å². The van der Waals surface area contributed by atoms with E-state index in [-0.39, 0.29) is 6.10 Å². The summed E-state index contributed by atoms with van der Waals surface area (Å²) in [4.78, 5) is 12.4. The van der Waals surface area contributed by atoms with E-state index >= 15 is 0 Å². The Morgan fingerprint density at radius 1 is 0.933 bits per heavy atom. The van der Waals surface area contributed by atoms with Crippen molar-refractivity contribution in [2.24, 2.45) is 0 Å². The van der Waals surface area contributed by atoms with Crippen molar-refractivity contribution >= 4 is 5.97 Å². The van der Waals surface area contributed by atoms with Gasteiger partial charge in [0.05, 0.1) is 11.7 Å². The molecule has 0 aromatic heterocycles. The minimum absolute atomic E-state index is 0.152. The molecule has 3 nitrogen and oxygen atoms in total. The number of ether oxygens (including phenoxy) is 2. The standard InChI is InChI=1S/C27H26O3/c1-4-6-8-10-12-22(3)29-25-20-16-24(17-21-25)27(28)30-26-18-14-23(15-19-26)13-11-9-7-5-2/h2,14-22H,4,6,8,10,12H2,1,3H3. The molecule has 0 saturated heterocycles. The summed E-state index contributed by atoms with van der Waals surface area (Å²) >= 11 is 0. The number of unbranched alkanes of at least 4 members (excludes halogenated alkanes) is 3. The van der Waals surface area contributed by atoms with Gasteiger partial charge in [-0.2, -0.15) is 0 Å². The first-order chi connectivity index (χ1) is 14.6. The number of carbonyl (C=O) groups is 1. The molecule has 152 valence electrons. The molecular weight excluding hydrogens is 372 g/mol. The molecule has 30 heavy (non-hydrogen) atoms. The third-order valence-corrected chi connectivity index (χ3v) is 4.36. The zero-order valence-electron chi connectivity index (χ0n) is 17.5. The van der Waals surface area contributed by atoms with Crippen LogP contribution >= 0.6 is 0 Å². The highest BCUT2D eigenvalue weighted by Gasteiger charge is 2.10. The Morgan fingerprint density at radius 3 is 2.30 bits per heavy atom. The lowest BCUT2D eigenvalue weighted by molar-refractivity contribution is 0.0734. The predicted molar refractivity (Wildman–Crippen MR) is 120 cm³/mol. The van der Waals surface area contributed by atoms with Gasteiger partial charge in [-0.1, -0.05) is 32.1 Å². The van der Waals surface area contributed by atoms with Crippen LogP contribution in [-0.4, -0.2) is 12.1 Å². The Bertz CT molecular complexity index is 971. The first kappa shape index (κ1) is 22.7. The van der Waals surface area contributed by atoms with Gasteiger partial charge in [0.2, 0.25) is 0 Å². The lowest BCUT2D eigenvalue weighted by Gasteiger charge is -2.14. The number of hydrogen-bond donors (Lipinski definition) is 0. The maximum Gasteiger partial charge on any atom is 0.343 e. The fourth-order valence-corrected chi connectivity index (χ4v) is 2.76. The second-order valence-corrected chi connectivity index (χ2v) is 6.86. The van der Waals surface area contributed by atoms with E-state index in [9.17, 15) is 4.79 Å². The molecule has 2 aromatic rings. The van der Waals surface area contributed by atoms with Crippen molar-refractivity contribution in [3.8, 4) is 47.5 Å². The summed E-state index contributed by atoms with van der Waals surface area (Å²) in [5, 5.41) is 0. The number of terminal acetylenes is 1. The lowest BCUT2D eigenvalue weighted by Crippen LogP contribution is -2.12. The maximum absolute atomic E-state index is 12.4. The van der Waals surface area contributed by atoms with Gasteiger partial charge in [0.25, 0.3) is 0 Å². The highest BCUT2D eigenvalue weighted by Crippen LogP contribution is 2.18. The SMILES string of the molecule is C#CC#CC#Cc1ccc(OC(=O)c2ccc(OC(C)CCCCCC)cc2)cc1. The molecule has 0 amide bonds. The molecule has 0 N–H and O–H groups in total. The molecule has 0 fully saturated rings. The number of carbonyl (C=O) groups excluding carboxylic acids is 1. The predicted octanol–water partition coefficient (Wildman–Crippen LogP) is 5.63. The molecule has 3 heteroatoms. The van der Waals surface area contributed by atoms with E-state index in [0.717, 1.165) is 17.7 Å². The van der Waals surface area contributed by atoms with Crippen molar-refractivity contribution in [2.75, 3.05) is 0 Å². The first-order valence-electron chi connectivity index (χ1n) is 10.2. The van der Waals surface area contributed by atoms with Crippen molar-refractivity contribution in [1.29, 1.82) is 0 Å². The van der Waals surface area contributed by atoms with Gasteiger partial charge >= 0.3 is 5.97 Å². The summed E-state index contributed by atoms with van der Waals surface area (Å²) in [6, 6.07) is 13.9. The smallest absolute Gasteiger partial charge is 0.343 e. The van der Waals surface area contributed by atoms with Crippen LogP contribution < -0.4 is 9.47 Å². The molecule has 1 unspecified atom stereocenters. The minimum Gasteiger partial charge on any atom is -0.491 e. The second kappa shape index (κ2) is 12.8. The van der Waals surface area contributed by atoms with Crippen LogP contribution in [0.25, 0.3) is 0 Å². The molecule has 0 heterocycles. The highest BCUT2D eigenvalue weighted by atomic mass is 16.5. The van der Waals surface area contributed by atoms with Gasteiger partial charge in [-0.25, -0.2) is 4.79 Å². The van der Waals surface area contributed by atoms with Crippen LogP contribution in [0.15, 0.2) is 48.5 Å². The van der Waals surface area contributed by atoms with Gasteiger partial charge in [-0.3, -0.25) is 0 Å². The Morgan fingerprint density at radius 2 is 1.63 bits per heavy atom. The highest BCUT2D eigenvalue weighted by molar-refractivity contribution is 5.91. The van der Waals surface area contributed by atoms with Gasteiger partial charge in [-0.05, 0) is 92.0 Å². The molecule has 0 bridgehead atoms. The van der Waals surface area contributed by atoms with E-state index in [1.54, 1.807) is 48.5 Å². The van der Waals surface area contributed by atoms with Crippen molar-refractivity contribution in [2.45, 2.75) is 52.1 Å². The van der Waals surface area contributed by atoms with Gasteiger partial charge in [0.1, 0.15) is 11.5 Å². The maximum atomic E-state index is 12.4. The number of benzene rings is 2. The van der Waals surface area contributed by atoms with Crippen LogP contribution in [0.4, 0.5) is 0 Å². The molecule has 0 aliphatic carbocycles. The Kier molecular flexibility index (Phi) is 9.65. The van der Waals surface area contributed by atoms with Gasteiger partial charge in [0.15, 0.2) is 0 Å². The summed E-state index contributed by atoms with van der Waals surface area (Å²) < 4.78 is 11.3. The summed E-state index contributed by atoms with van der Waals surface area (Å²) in [6.45, 7) is 4.28. The minimum atomic E-state index is -0.423. The van der Waals surface area contributed by atoms with Crippen molar-refractivity contribution in [3.05, 3.63) is 59.7 Å². The lowest BCUT2D eigenvalue weighted by atomic mass is 10.1. The largest absolute Gasteiger partial charge is 0.491 e. The fourth-order valence-electron chi connectivity index (χ4n) is 2.76. The third-order valence-electron chi connectivity index (χ3n) is 4.36. The Balaban J connectivity index is 1.87. The van der Waals surface area contributed by atoms with Crippen LogP contribution in [0.5, 0.6) is 11.5 Å². The van der Waals surface area contributed by atoms with Crippen molar-refractivity contribution in [3.63, 3.8) is 0 Å².